The lowest BCUT2D eigenvalue weighted by Crippen LogP contribution is -2.28. The van der Waals surface area contributed by atoms with Gasteiger partial charge in [0.25, 0.3) is 5.91 Å². The van der Waals surface area contributed by atoms with E-state index in [1.807, 2.05) is 14.0 Å². The molecule has 0 bridgehead atoms. The fraction of sp³-hybridized carbons (Fsp3) is 0.636. The fourth-order valence-electron chi connectivity index (χ4n) is 1.47. The molecule has 0 saturated heterocycles. The third kappa shape index (κ3) is 3.63. The molecule has 90 valence electrons. The number of aryl methyl sites for hydroxylation is 2. The lowest BCUT2D eigenvalue weighted by Gasteiger charge is -2.10. The zero-order valence-electron chi connectivity index (χ0n) is 9.96. The van der Waals surface area contributed by atoms with Gasteiger partial charge in [0.1, 0.15) is 0 Å². The number of halogens is 1. The van der Waals surface area contributed by atoms with Crippen molar-refractivity contribution in [1.82, 2.24) is 15.1 Å². The van der Waals surface area contributed by atoms with Gasteiger partial charge in [0.2, 0.25) is 0 Å². The molecular formula is C11H18BrN3O. The van der Waals surface area contributed by atoms with Crippen LogP contribution in [0.5, 0.6) is 0 Å². The Hall–Kier alpha value is -0.840. The van der Waals surface area contributed by atoms with E-state index in [4.69, 9.17) is 0 Å². The number of amides is 1. The number of nitrogens with zero attached hydrogens (tertiary/aromatic N) is 2. The number of rotatable bonds is 5. The monoisotopic (exact) mass is 287 g/mol. The predicted octanol–water partition coefficient (Wildman–Crippen LogP) is 1.88. The highest BCUT2D eigenvalue weighted by atomic mass is 79.9. The SMILES string of the molecule is Cc1nn(C)cc1C(=O)NCC(C)CCBr. The van der Waals surface area contributed by atoms with Gasteiger partial charge in [-0.25, -0.2) is 0 Å². The smallest absolute Gasteiger partial charge is 0.254 e. The average molecular weight is 288 g/mol. The van der Waals surface area contributed by atoms with Crippen LogP contribution in [0.1, 0.15) is 29.4 Å². The van der Waals surface area contributed by atoms with Crippen LogP contribution >= 0.6 is 15.9 Å². The summed E-state index contributed by atoms with van der Waals surface area (Å²) < 4.78 is 1.66. The molecule has 1 aromatic heterocycles. The summed E-state index contributed by atoms with van der Waals surface area (Å²) in [5.74, 6) is 0.451. The van der Waals surface area contributed by atoms with Crippen LogP contribution in [0.2, 0.25) is 0 Å². The quantitative estimate of drug-likeness (QED) is 0.841. The van der Waals surface area contributed by atoms with Crippen molar-refractivity contribution in [1.29, 1.82) is 0 Å². The van der Waals surface area contributed by atoms with Crippen molar-refractivity contribution in [2.75, 3.05) is 11.9 Å². The Labute approximate surface area is 105 Å². The summed E-state index contributed by atoms with van der Waals surface area (Å²) in [6.45, 7) is 4.67. The Balaban J connectivity index is 2.50. The maximum atomic E-state index is 11.8. The van der Waals surface area contributed by atoms with Crippen molar-refractivity contribution in [2.45, 2.75) is 20.3 Å². The van der Waals surface area contributed by atoms with Crippen molar-refractivity contribution >= 4 is 21.8 Å². The molecule has 1 unspecified atom stereocenters. The Bertz CT molecular complexity index is 362. The van der Waals surface area contributed by atoms with Crippen LogP contribution in [0.25, 0.3) is 0 Å². The number of hydrogen-bond acceptors (Lipinski definition) is 2. The molecule has 0 aliphatic rings. The van der Waals surface area contributed by atoms with Crippen molar-refractivity contribution in [3.63, 3.8) is 0 Å². The second kappa shape index (κ2) is 6.03. The van der Waals surface area contributed by atoms with Crippen LogP contribution in [0, 0.1) is 12.8 Å². The zero-order chi connectivity index (χ0) is 12.1. The van der Waals surface area contributed by atoms with E-state index in [1.165, 1.54) is 0 Å². The second-order valence-electron chi connectivity index (χ2n) is 4.09. The minimum atomic E-state index is -0.0352. The summed E-state index contributed by atoms with van der Waals surface area (Å²) in [4.78, 5) is 11.8. The molecule has 1 rings (SSSR count). The lowest BCUT2D eigenvalue weighted by atomic mass is 10.1. The van der Waals surface area contributed by atoms with Gasteiger partial charge in [0.15, 0.2) is 0 Å². The van der Waals surface area contributed by atoms with Gasteiger partial charge in [-0.3, -0.25) is 9.48 Å². The van der Waals surface area contributed by atoms with Gasteiger partial charge in [0, 0.05) is 25.1 Å². The summed E-state index contributed by atoms with van der Waals surface area (Å²) in [5, 5.41) is 8.04. The normalized spacial score (nSPS) is 12.5. The number of carbonyl (C=O) groups is 1. The number of alkyl halides is 1. The molecule has 1 aromatic rings. The first-order valence-electron chi connectivity index (χ1n) is 5.39. The van der Waals surface area contributed by atoms with Gasteiger partial charge in [-0.05, 0) is 19.3 Å². The first-order valence-corrected chi connectivity index (χ1v) is 6.51. The molecule has 0 radical (unpaired) electrons. The topological polar surface area (TPSA) is 46.9 Å². The largest absolute Gasteiger partial charge is 0.352 e. The predicted molar refractivity (Wildman–Crippen MR) is 67.9 cm³/mol. The molecule has 4 nitrogen and oxygen atoms in total. The number of carbonyl (C=O) groups excluding carboxylic acids is 1. The summed E-state index contributed by atoms with van der Waals surface area (Å²) >= 11 is 3.39. The standard InChI is InChI=1S/C11H18BrN3O/c1-8(4-5-12)6-13-11(16)10-7-15(3)14-9(10)2/h7-8H,4-6H2,1-3H3,(H,13,16). The Kier molecular flexibility index (Phi) is 4.99. The first-order chi connectivity index (χ1) is 7.54. The molecular weight excluding hydrogens is 270 g/mol. The van der Waals surface area contributed by atoms with Gasteiger partial charge in [-0.2, -0.15) is 5.10 Å². The van der Waals surface area contributed by atoms with Crippen LogP contribution in [0.4, 0.5) is 0 Å². The highest BCUT2D eigenvalue weighted by Crippen LogP contribution is 2.06. The molecule has 1 amide bonds. The molecule has 16 heavy (non-hydrogen) atoms. The van der Waals surface area contributed by atoms with E-state index in [-0.39, 0.29) is 5.91 Å². The van der Waals surface area contributed by atoms with Gasteiger partial charge >= 0.3 is 0 Å². The lowest BCUT2D eigenvalue weighted by molar-refractivity contribution is 0.0947. The van der Waals surface area contributed by atoms with Gasteiger partial charge in [-0.15, -0.1) is 0 Å². The minimum absolute atomic E-state index is 0.0352. The van der Waals surface area contributed by atoms with E-state index in [2.05, 4.69) is 33.3 Å². The summed E-state index contributed by atoms with van der Waals surface area (Å²) in [5.41, 5.74) is 1.43. The third-order valence-corrected chi connectivity index (χ3v) is 2.93. The van der Waals surface area contributed by atoms with E-state index in [0.717, 1.165) is 17.4 Å². The Morgan fingerprint density at radius 3 is 2.88 bits per heavy atom. The maximum absolute atomic E-state index is 11.8. The van der Waals surface area contributed by atoms with E-state index in [9.17, 15) is 4.79 Å². The fourth-order valence-corrected chi connectivity index (χ4v) is 2.25. The van der Waals surface area contributed by atoms with E-state index in [1.54, 1.807) is 10.9 Å². The third-order valence-electron chi connectivity index (χ3n) is 2.47. The molecule has 1 atom stereocenters. The number of aromatic nitrogens is 2. The van der Waals surface area contributed by atoms with Crippen LogP contribution in [-0.2, 0) is 7.05 Å². The molecule has 0 fully saturated rings. The molecule has 1 heterocycles. The number of hydrogen-bond donors (Lipinski definition) is 1. The van der Waals surface area contributed by atoms with Crippen molar-refractivity contribution < 1.29 is 4.79 Å². The molecule has 0 aliphatic heterocycles. The minimum Gasteiger partial charge on any atom is -0.352 e. The van der Waals surface area contributed by atoms with Crippen LogP contribution in [0.15, 0.2) is 6.20 Å². The highest BCUT2D eigenvalue weighted by molar-refractivity contribution is 9.09. The summed E-state index contributed by atoms with van der Waals surface area (Å²) in [6.07, 6.45) is 2.81. The summed E-state index contributed by atoms with van der Waals surface area (Å²) in [7, 11) is 1.82. The van der Waals surface area contributed by atoms with E-state index < -0.39 is 0 Å². The molecule has 0 spiro atoms. The van der Waals surface area contributed by atoms with Crippen molar-refractivity contribution in [3.8, 4) is 0 Å². The van der Waals surface area contributed by atoms with E-state index in [0.29, 0.717) is 18.0 Å². The zero-order valence-corrected chi connectivity index (χ0v) is 11.5. The Morgan fingerprint density at radius 2 is 2.38 bits per heavy atom. The highest BCUT2D eigenvalue weighted by Gasteiger charge is 2.12. The maximum Gasteiger partial charge on any atom is 0.254 e. The van der Waals surface area contributed by atoms with Crippen LogP contribution in [0.3, 0.4) is 0 Å². The van der Waals surface area contributed by atoms with Gasteiger partial charge < -0.3 is 5.32 Å². The molecule has 5 heteroatoms. The number of nitrogens with one attached hydrogen (secondary N) is 1. The molecule has 0 saturated carbocycles. The second-order valence-corrected chi connectivity index (χ2v) is 4.89. The van der Waals surface area contributed by atoms with Crippen LogP contribution < -0.4 is 5.32 Å². The molecule has 0 aromatic carbocycles. The van der Waals surface area contributed by atoms with Crippen LogP contribution in [-0.4, -0.2) is 27.6 Å². The average Bonchev–Trinajstić information content (AvgIpc) is 2.55. The summed E-state index contributed by atoms with van der Waals surface area (Å²) in [6, 6.07) is 0. The van der Waals surface area contributed by atoms with Crippen molar-refractivity contribution in [2.24, 2.45) is 13.0 Å². The van der Waals surface area contributed by atoms with Gasteiger partial charge in [-0.1, -0.05) is 22.9 Å². The van der Waals surface area contributed by atoms with Crippen molar-refractivity contribution in [3.05, 3.63) is 17.5 Å². The Morgan fingerprint density at radius 1 is 1.69 bits per heavy atom. The van der Waals surface area contributed by atoms with E-state index >= 15 is 0 Å². The first kappa shape index (κ1) is 13.2. The van der Waals surface area contributed by atoms with Gasteiger partial charge in [0.05, 0.1) is 11.3 Å². The molecule has 0 aliphatic carbocycles. The molecule has 1 N–H and O–H groups in total.